The molecule has 0 unspecified atom stereocenters. The number of hydrogen-bond acceptors (Lipinski definition) is 4. The monoisotopic (exact) mass is 357 g/mol. The molecule has 0 amide bonds. The molecule has 0 aliphatic heterocycles. The molecule has 0 bridgehead atoms. The summed E-state index contributed by atoms with van der Waals surface area (Å²) in [5.41, 5.74) is 7.40. The van der Waals surface area contributed by atoms with E-state index in [4.69, 9.17) is 0 Å². The highest BCUT2D eigenvalue weighted by Crippen LogP contribution is 2.25. The lowest BCUT2D eigenvalue weighted by molar-refractivity contribution is 0.574. The van der Waals surface area contributed by atoms with Crippen LogP contribution in [-0.4, -0.2) is 19.5 Å². The summed E-state index contributed by atoms with van der Waals surface area (Å²) in [6.45, 7) is 5.09. The molecule has 27 heavy (non-hydrogen) atoms. The SMILES string of the molecule is Cc1ccc([C@@H](C)NCc2cccc(-c3ncnc4c3ncn4C)c2)cc1. The molecule has 0 aliphatic carbocycles. The molecule has 0 fully saturated rings. The van der Waals surface area contributed by atoms with Crippen LogP contribution < -0.4 is 5.32 Å². The zero-order valence-corrected chi connectivity index (χ0v) is 15.8. The number of nitrogens with one attached hydrogen (secondary N) is 1. The fourth-order valence-corrected chi connectivity index (χ4v) is 3.23. The maximum absolute atomic E-state index is 4.48. The maximum Gasteiger partial charge on any atom is 0.163 e. The summed E-state index contributed by atoms with van der Waals surface area (Å²) in [6, 6.07) is 17.4. The average molecular weight is 357 g/mol. The van der Waals surface area contributed by atoms with Crippen LogP contribution in [0.15, 0.2) is 61.2 Å². The van der Waals surface area contributed by atoms with E-state index in [1.807, 2.05) is 11.6 Å². The molecule has 5 nitrogen and oxygen atoms in total. The Morgan fingerprint density at radius 1 is 1.04 bits per heavy atom. The van der Waals surface area contributed by atoms with Crippen LogP contribution in [0.2, 0.25) is 0 Å². The van der Waals surface area contributed by atoms with Crippen LogP contribution in [-0.2, 0) is 13.6 Å². The summed E-state index contributed by atoms with van der Waals surface area (Å²) in [6.07, 6.45) is 3.38. The summed E-state index contributed by atoms with van der Waals surface area (Å²) < 4.78 is 1.91. The van der Waals surface area contributed by atoms with Gasteiger partial charge in [-0.25, -0.2) is 15.0 Å². The summed E-state index contributed by atoms with van der Waals surface area (Å²) in [5.74, 6) is 0. The molecule has 0 aliphatic rings. The van der Waals surface area contributed by atoms with E-state index in [-0.39, 0.29) is 6.04 Å². The van der Waals surface area contributed by atoms with Crippen molar-refractivity contribution in [3.8, 4) is 11.3 Å². The average Bonchev–Trinajstić information content (AvgIpc) is 3.08. The van der Waals surface area contributed by atoms with Gasteiger partial charge in [-0.2, -0.15) is 0 Å². The van der Waals surface area contributed by atoms with Crippen molar-refractivity contribution in [2.24, 2.45) is 7.05 Å². The Hall–Kier alpha value is -3.05. The Morgan fingerprint density at radius 3 is 2.67 bits per heavy atom. The summed E-state index contributed by atoms with van der Waals surface area (Å²) in [7, 11) is 1.94. The van der Waals surface area contributed by atoms with Gasteiger partial charge < -0.3 is 9.88 Å². The zero-order chi connectivity index (χ0) is 18.8. The topological polar surface area (TPSA) is 55.6 Å². The number of nitrogens with zero attached hydrogens (tertiary/aromatic N) is 4. The van der Waals surface area contributed by atoms with E-state index < -0.39 is 0 Å². The lowest BCUT2D eigenvalue weighted by atomic mass is 10.0. The third-order valence-corrected chi connectivity index (χ3v) is 4.89. The minimum atomic E-state index is 0.288. The minimum absolute atomic E-state index is 0.288. The molecular weight excluding hydrogens is 334 g/mol. The maximum atomic E-state index is 4.48. The molecule has 0 saturated heterocycles. The molecule has 1 N–H and O–H groups in total. The van der Waals surface area contributed by atoms with Gasteiger partial charge in [-0.15, -0.1) is 0 Å². The highest BCUT2D eigenvalue weighted by Gasteiger charge is 2.11. The van der Waals surface area contributed by atoms with E-state index >= 15 is 0 Å². The van der Waals surface area contributed by atoms with Crippen molar-refractivity contribution in [2.45, 2.75) is 26.4 Å². The van der Waals surface area contributed by atoms with E-state index in [0.717, 1.165) is 29.0 Å². The molecule has 4 aromatic rings. The largest absolute Gasteiger partial charge is 0.318 e. The lowest BCUT2D eigenvalue weighted by Gasteiger charge is -2.15. The van der Waals surface area contributed by atoms with Gasteiger partial charge in [0.2, 0.25) is 0 Å². The van der Waals surface area contributed by atoms with Gasteiger partial charge >= 0.3 is 0 Å². The second kappa shape index (κ2) is 7.29. The number of benzene rings is 2. The Bertz CT molecular complexity index is 1070. The Labute approximate surface area is 159 Å². The molecule has 2 aromatic heterocycles. The van der Waals surface area contributed by atoms with Crippen LogP contribution in [0.3, 0.4) is 0 Å². The van der Waals surface area contributed by atoms with Gasteiger partial charge in [0.05, 0.1) is 6.33 Å². The number of aryl methyl sites for hydroxylation is 2. The highest BCUT2D eigenvalue weighted by atomic mass is 15.1. The predicted octanol–water partition coefficient (Wildman–Crippen LogP) is 4.19. The van der Waals surface area contributed by atoms with Crippen LogP contribution in [0.5, 0.6) is 0 Å². The molecule has 0 saturated carbocycles. The normalized spacial score (nSPS) is 12.4. The fourth-order valence-electron chi connectivity index (χ4n) is 3.23. The smallest absolute Gasteiger partial charge is 0.163 e. The highest BCUT2D eigenvalue weighted by molar-refractivity contribution is 5.87. The first-order chi connectivity index (χ1) is 13.1. The Morgan fingerprint density at radius 2 is 1.85 bits per heavy atom. The van der Waals surface area contributed by atoms with E-state index in [1.165, 1.54) is 16.7 Å². The number of rotatable bonds is 5. The first-order valence-corrected chi connectivity index (χ1v) is 9.13. The molecule has 136 valence electrons. The quantitative estimate of drug-likeness (QED) is 0.582. The second-order valence-electron chi connectivity index (χ2n) is 6.96. The molecule has 2 heterocycles. The van der Waals surface area contributed by atoms with Gasteiger partial charge in [0.1, 0.15) is 17.5 Å². The molecule has 0 spiro atoms. The van der Waals surface area contributed by atoms with Crippen molar-refractivity contribution in [3.63, 3.8) is 0 Å². The van der Waals surface area contributed by atoms with Crippen LogP contribution in [0.1, 0.15) is 29.7 Å². The molecule has 5 heteroatoms. The lowest BCUT2D eigenvalue weighted by Crippen LogP contribution is -2.18. The first-order valence-electron chi connectivity index (χ1n) is 9.13. The first kappa shape index (κ1) is 17.4. The van der Waals surface area contributed by atoms with E-state index in [9.17, 15) is 0 Å². The van der Waals surface area contributed by atoms with Crippen molar-refractivity contribution in [2.75, 3.05) is 0 Å². The number of aromatic nitrogens is 4. The van der Waals surface area contributed by atoms with E-state index in [1.54, 1.807) is 12.7 Å². The number of imidazole rings is 1. The third-order valence-electron chi connectivity index (χ3n) is 4.89. The van der Waals surface area contributed by atoms with E-state index in [0.29, 0.717) is 0 Å². The number of hydrogen-bond donors (Lipinski definition) is 1. The molecule has 0 radical (unpaired) electrons. The van der Waals surface area contributed by atoms with Gasteiger partial charge in [0, 0.05) is 25.2 Å². The van der Waals surface area contributed by atoms with Gasteiger partial charge in [-0.1, -0.05) is 48.0 Å². The van der Waals surface area contributed by atoms with Crippen LogP contribution in [0, 0.1) is 6.92 Å². The van der Waals surface area contributed by atoms with Crippen LogP contribution in [0.25, 0.3) is 22.4 Å². The third kappa shape index (κ3) is 3.59. The Kier molecular flexibility index (Phi) is 4.69. The molecule has 1 atom stereocenters. The van der Waals surface area contributed by atoms with E-state index in [2.05, 4.69) is 82.6 Å². The van der Waals surface area contributed by atoms with Gasteiger partial charge in [0.15, 0.2) is 5.65 Å². The fraction of sp³-hybridized carbons (Fsp3) is 0.227. The van der Waals surface area contributed by atoms with Crippen molar-refractivity contribution in [1.29, 1.82) is 0 Å². The van der Waals surface area contributed by atoms with Crippen molar-refractivity contribution in [3.05, 3.63) is 77.9 Å². The summed E-state index contributed by atoms with van der Waals surface area (Å²) in [5, 5.41) is 3.60. The van der Waals surface area contributed by atoms with Crippen molar-refractivity contribution >= 4 is 11.2 Å². The van der Waals surface area contributed by atoms with Crippen LogP contribution >= 0.6 is 0 Å². The summed E-state index contributed by atoms with van der Waals surface area (Å²) in [4.78, 5) is 13.3. The standard InChI is InChI=1S/C22H23N5/c1-15-7-9-18(10-8-15)16(2)23-12-17-5-4-6-19(11-17)20-21-22(25-13-24-20)27(3)14-26-21/h4-11,13-14,16,23H,12H2,1-3H3/t16-/m1/s1. The van der Waals surface area contributed by atoms with Gasteiger partial charge in [0.25, 0.3) is 0 Å². The predicted molar refractivity (Wildman–Crippen MR) is 108 cm³/mol. The molecule has 2 aromatic carbocycles. The zero-order valence-electron chi connectivity index (χ0n) is 15.8. The summed E-state index contributed by atoms with van der Waals surface area (Å²) >= 11 is 0. The molecule has 4 rings (SSSR count). The Balaban J connectivity index is 1.55. The minimum Gasteiger partial charge on any atom is -0.318 e. The van der Waals surface area contributed by atoms with Crippen molar-refractivity contribution in [1.82, 2.24) is 24.8 Å². The second-order valence-corrected chi connectivity index (χ2v) is 6.96. The van der Waals surface area contributed by atoms with Crippen LogP contribution in [0.4, 0.5) is 0 Å². The van der Waals surface area contributed by atoms with Gasteiger partial charge in [-0.3, -0.25) is 0 Å². The molecular formula is C22H23N5. The number of fused-ring (bicyclic) bond motifs is 1. The van der Waals surface area contributed by atoms with Crippen molar-refractivity contribution < 1.29 is 0 Å². The van der Waals surface area contributed by atoms with Gasteiger partial charge in [-0.05, 0) is 31.0 Å².